The van der Waals surface area contributed by atoms with Crippen molar-refractivity contribution in [2.45, 2.75) is 32.5 Å². The number of halogens is 1. The summed E-state index contributed by atoms with van der Waals surface area (Å²) in [6.07, 6.45) is 1.08. The van der Waals surface area contributed by atoms with Crippen molar-refractivity contribution >= 4 is 17.5 Å². The molecule has 0 aliphatic carbocycles. The van der Waals surface area contributed by atoms with E-state index in [2.05, 4.69) is 5.32 Å². The van der Waals surface area contributed by atoms with Crippen molar-refractivity contribution in [3.63, 3.8) is 0 Å². The van der Waals surface area contributed by atoms with Gasteiger partial charge in [0.05, 0.1) is 12.7 Å². The Morgan fingerprint density at radius 1 is 1.47 bits per heavy atom. The topological polar surface area (TPSA) is 58.6 Å². The van der Waals surface area contributed by atoms with Crippen molar-refractivity contribution in [3.05, 3.63) is 34.9 Å². The van der Waals surface area contributed by atoms with Crippen LogP contribution in [-0.2, 0) is 16.1 Å². The van der Waals surface area contributed by atoms with Gasteiger partial charge in [0.2, 0.25) is 5.91 Å². The number of aliphatic hydroxyl groups is 1. The van der Waals surface area contributed by atoms with Gasteiger partial charge < -0.3 is 15.2 Å². The third-order valence-corrected chi connectivity index (χ3v) is 2.97. The Kier molecular flexibility index (Phi) is 7.48. The van der Waals surface area contributed by atoms with Crippen LogP contribution in [0.25, 0.3) is 0 Å². The molecule has 0 aliphatic rings. The Hall–Kier alpha value is -1.10. The van der Waals surface area contributed by atoms with E-state index in [1.54, 1.807) is 6.07 Å². The van der Waals surface area contributed by atoms with Gasteiger partial charge in [0, 0.05) is 11.6 Å². The highest BCUT2D eigenvalue weighted by molar-refractivity contribution is 6.31. The first-order valence-electron chi connectivity index (χ1n) is 6.39. The summed E-state index contributed by atoms with van der Waals surface area (Å²) in [5.41, 5.74) is 0.850. The molecule has 2 N–H and O–H groups in total. The lowest BCUT2D eigenvalue weighted by molar-refractivity contribution is -0.126. The van der Waals surface area contributed by atoms with E-state index in [0.717, 1.165) is 12.0 Å². The molecule has 5 heteroatoms. The second-order valence-electron chi connectivity index (χ2n) is 4.33. The first kappa shape index (κ1) is 16.0. The zero-order chi connectivity index (χ0) is 14.1. The molecule has 0 heterocycles. The van der Waals surface area contributed by atoms with Crippen LogP contribution in [0.2, 0.25) is 5.02 Å². The maximum Gasteiger partial charge on any atom is 0.246 e. The Bertz CT molecular complexity index is 398. The lowest BCUT2D eigenvalue weighted by Gasteiger charge is -2.11. The van der Waals surface area contributed by atoms with Gasteiger partial charge in [-0.2, -0.15) is 0 Å². The van der Waals surface area contributed by atoms with Crippen LogP contribution < -0.4 is 5.32 Å². The summed E-state index contributed by atoms with van der Waals surface area (Å²) < 4.78 is 5.28. The number of ether oxygens (including phenoxy) is 1. The summed E-state index contributed by atoms with van der Waals surface area (Å²) in [5.74, 6) is -0.234. The van der Waals surface area contributed by atoms with Gasteiger partial charge in [-0.05, 0) is 18.1 Å². The minimum absolute atomic E-state index is 0.0376. The maximum absolute atomic E-state index is 11.4. The van der Waals surface area contributed by atoms with E-state index < -0.39 is 6.10 Å². The van der Waals surface area contributed by atoms with E-state index in [9.17, 15) is 9.90 Å². The summed E-state index contributed by atoms with van der Waals surface area (Å²) in [7, 11) is 0. The smallest absolute Gasteiger partial charge is 0.246 e. The van der Waals surface area contributed by atoms with Gasteiger partial charge in [-0.3, -0.25) is 4.79 Å². The third kappa shape index (κ3) is 6.57. The first-order valence-corrected chi connectivity index (χ1v) is 6.77. The van der Waals surface area contributed by atoms with E-state index in [0.29, 0.717) is 18.1 Å². The largest absolute Gasteiger partial charge is 0.391 e. The van der Waals surface area contributed by atoms with Crippen LogP contribution in [0.3, 0.4) is 0 Å². The quantitative estimate of drug-likeness (QED) is 0.769. The van der Waals surface area contributed by atoms with Gasteiger partial charge in [-0.25, -0.2) is 0 Å². The Morgan fingerprint density at radius 2 is 2.21 bits per heavy atom. The third-order valence-electron chi connectivity index (χ3n) is 2.61. The minimum atomic E-state index is -0.488. The molecule has 0 aromatic heterocycles. The average Bonchev–Trinajstić information content (AvgIpc) is 2.39. The number of carbonyl (C=O) groups is 1. The fraction of sp³-hybridized carbons (Fsp3) is 0.500. The molecule has 1 amide bonds. The molecule has 0 aliphatic heterocycles. The monoisotopic (exact) mass is 285 g/mol. The highest BCUT2D eigenvalue weighted by Crippen LogP contribution is 2.15. The van der Waals surface area contributed by atoms with Crippen molar-refractivity contribution in [1.82, 2.24) is 5.32 Å². The molecular formula is C14H20ClNO3. The molecule has 0 fully saturated rings. The summed E-state index contributed by atoms with van der Waals surface area (Å²) >= 11 is 5.96. The van der Waals surface area contributed by atoms with Gasteiger partial charge in [0.15, 0.2) is 0 Å². The normalized spacial score (nSPS) is 12.2. The molecule has 0 radical (unpaired) electrons. The molecule has 4 nitrogen and oxygen atoms in total. The number of hydrogen-bond acceptors (Lipinski definition) is 3. The average molecular weight is 286 g/mol. The molecule has 19 heavy (non-hydrogen) atoms. The molecule has 0 saturated carbocycles. The predicted molar refractivity (Wildman–Crippen MR) is 75.0 cm³/mol. The number of aliphatic hydroxyl groups excluding tert-OH is 1. The van der Waals surface area contributed by atoms with Gasteiger partial charge in [0.1, 0.15) is 6.61 Å². The number of benzene rings is 1. The molecular weight excluding hydrogens is 266 g/mol. The predicted octanol–water partition coefficient (Wildman–Crippen LogP) is 2.13. The van der Waals surface area contributed by atoms with Gasteiger partial charge >= 0.3 is 0 Å². The SMILES string of the molecule is CCCC(O)CNC(=O)COCc1ccccc1Cl. The molecule has 1 rings (SSSR count). The van der Waals surface area contributed by atoms with Gasteiger partial charge in [0.25, 0.3) is 0 Å². The lowest BCUT2D eigenvalue weighted by Crippen LogP contribution is -2.34. The van der Waals surface area contributed by atoms with Crippen LogP contribution >= 0.6 is 11.6 Å². The molecule has 106 valence electrons. The minimum Gasteiger partial charge on any atom is -0.391 e. The van der Waals surface area contributed by atoms with E-state index >= 15 is 0 Å². The lowest BCUT2D eigenvalue weighted by atomic mass is 10.2. The van der Waals surface area contributed by atoms with Crippen molar-refractivity contribution in [1.29, 1.82) is 0 Å². The van der Waals surface area contributed by atoms with Crippen LogP contribution in [0.5, 0.6) is 0 Å². The number of hydrogen-bond donors (Lipinski definition) is 2. The van der Waals surface area contributed by atoms with Crippen LogP contribution in [0, 0.1) is 0 Å². The zero-order valence-corrected chi connectivity index (χ0v) is 11.8. The van der Waals surface area contributed by atoms with Crippen molar-refractivity contribution < 1.29 is 14.6 Å². The zero-order valence-electron chi connectivity index (χ0n) is 11.1. The summed E-state index contributed by atoms with van der Waals surface area (Å²) in [4.78, 5) is 11.4. The Labute approximate surface area is 118 Å². The second kappa shape index (κ2) is 8.91. The van der Waals surface area contributed by atoms with E-state index in [1.807, 2.05) is 25.1 Å². The van der Waals surface area contributed by atoms with Crippen LogP contribution in [0.1, 0.15) is 25.3 Å². The van der Waals surface area contributed by atoms with E-state index in [4.69, 9.17) is 16.3 Å². The molecule has 0 bridgehead atoms. The summed E-state index contributed by atoms with van der Waals surface area (Å²) in [6.45, 7) is 2.51. The Balaban J connectivity index is 2.19. The summed E-state index contributed by atoms with van der Waals surface area (Å²) in [6, 6.07) is 7.34. The molecule has 1 atom stereocenters. The second-order valence-corrected chi connectivity index (χ2v) is 4.74. The van der Waals surface area contributed by atoms with E-state index in [-0.39, 0.29) is 19.1 Å². The molecule has 1 aromatic carbocycles. The highest BCUT2D eigenvalue weighted by atomic mass is 35.5. The molecule has 1 aromatic rings. The first-order chi connectivity index (χ1) is 9.13. The van der Waals surface area contributed by atoms with Crippen molar-refractivity contribution in [3.8, 4) is 0 Å². The fourth-order valence-corrected chi connectivity index (χ4v) is 1.78. The molecule has 0 spiro atoms. The van der Waals surface area contributed by atoms with Crippen molar-refractivity contribution in [2.75, 3.05) is 13.2 Å². The molecule has 0 saturated heterocycles. The van der Waals surface area contributed by atoms with Gasteiger partial charge in [-0.1, -0.05) is 43.1 Å². The van der Waals surface area contributed by atoms with Crippen LogP contribution in [-0.4, -0.2) is 30.3 Å². The van der Waals surface area contributed by atoms with Crippen molar-refractivity contribution in [2.24, 2.45) is 0 Å². The van der Waals surface area contributed by atoms with E-state index in [1.165, 1.54) is 0 Å². The standard InChI is InChI=1S/C14H20ClNO3/c1-2-5-12(17)8-16-14(18)10-19-9-11-6-3-4-7-13(11)15/h3-4,6-7,12,17H,2,5,8-10H2,1H3,(H,16,18). The maximum atomic E-state index is 11.4. The number of rotatable bonds is 8. The summed E-state index contributed by atoms with van der Waals surface area (Å²) in [5, 5.41) is 12.7. The molecule has 1 unspecified atom stereocenters. The van der Waals surface area contributed by atoms with Crippen LogP contribution in [0.4, 0.5) is 0 Å². The highest BCUT2D eigenvalue weighted by Gasteiger charge is 2.06. The number of nitrogens with one attached hydrogen (secondary N) is 1. The van der Waals surface area contributed by atoms with Crippen LogP contribution in [0.15, 0.2) is 24.3 Å². The number of amides is 1. The number of carbonyl (C=O) groups excluding carboxylic acids is 1. The van der Waals surface area contributed by atoms with Gasteiger partial charge in [-0.15, -0.1) is 0 Å². The Morgan fingerprint density at radius 3 is 2.89 bits per heavy atom. The fourth-order valence-electron chi connectivity index (χ4n) is 1.59.